The molecule has 120 valence electrons. The number of carbonyl (C=O) groups excluding carboxylic acids is 1. The Kier molecular flexibility index (Phi) is 3.85. The number of esters is 1. The fraction of sp³-hybridized carbons (Fsp3) is 0.375. The molecule has 7 nitrogen and oxygen atoms in total. The molecule has 0 fully saturated rings. The minimum Gasteiger partial charge on any atom is -0.462 e. The van der Waals surface area contributed by atoms with Crippen molar-refractivity contribution < 1.29 is 9.53 Å². The van der Waals surface area contributed by atoms with Crippen LogP contribution >= 0.6 is 0 Å². The van der Waals surface area contributed by atoms with E-state index in [-0.39, 0.29) is 0 Å². The Morgan fingerprint density at radius 2 is 2.04 bits per heavy atom. The highest BCUT2D eigenvalue weighted by Gasteiger charge is 2.22. The summed E-state index contributed by atoms with van der Waals surface area (Å²) in [6, 6.07) is 1.96. The molecule has 3 aromatic rings. The normalized spacial score (nSPS) is 11.1. The molecule has 0 N–H and O–H groups in total. The maximum Gasteiger partial charge on any atom is 0.341 e. The molecular weight excluding hydrogens is 294 g/mol. The third-order valence-corrected chi connectivity index (χ3v) is 3.65. The molecule has 3 heterocycles. The second-order valence-corrected chi connectivity index (χ2v) is 5.28. The van der Waals surface area contributed by atoms with Crippen LogP contribution < -0.4 is 0 Å². The molecule has 0 aliphatic heterocycles. The maximum absolute atomic E-state index is 12.3. The molecule has 0 aliphatic rings. The largest absolute Gasteiger partial charge is 0.462 e. The highest BCUT2D eigenvalue weighted by molar-refractivity contribution is 6.00. The van der Waals surface area contributed by atoms with Crippen LogP contribution in [0.2, 0.25) is 0 Å². The van der Waals surface area contributed by atoms with Crippen molar-refractivity contribution in [2.75, 3.05) is 6.61 Å². The minimum atomic E-state index is -0.409. The maximum atomic E-state index is 12.3. The van der Waals surface area contributed by atoms with Gasteiger partial charge in [0.25, 0.3) is 0 Å². The molecule has 0 saturated heterocycles. The van der Waals surface area contributed by atoms with Crippen molar-refractivity contribution in [3.63, 3.8) is 0 Å². The number of fused-ring (bicyclic) bond motifs is 1. The molecule has 23 heavy (non-hydrogen) atoms. The van der Waals surface area contributed by atoms with Crippen molar-refractivity contribution in [3.8, 4) is 5.69 Å². The first kappa shape index (κ1) is 15.2. The summed E-state index contributed by atoms with van der Waals surface area (Å²) in [7, 11) is 0. The van der Waals surface area contributed by atoms with Gasteiger partial charge in [-0.2, -0.15) is 10.2 Å². The minimum absolute atomic E-state index is 0.307. The van der Waals surface area contributed by atoms with E-state index in [1.165, 1.54) is 0 Å². The highest BCUT2D eigenvalue weighted by Crippen LogP contribution is 2.26. The topological polar surface area (TPSA) is 74.8 Å². The van der Waals surface area contributed by atoms with Gasteiger partial charge in [-0.25, -0.2) is 19.1 Å². The first-order valence-electron chi connectivity index (χ1n) is 7.62. The standard InChI is InChI=1S/C16H19N5O2/c1-5-20-15-12(9-18-20)14(21-11(4)7-10(3)19-21)13(8-17-15)16(22)23-6-2/h7-9H,5-6H2,1-4H3. The average Bonchev–Trinajstić information content (AvgIpc) is 3.09. The van der Waals surface area contributed by atoms with Crippen LogP contribution in [0, 0.1) is 13.8 Å². The van der Waals surface area contributed by atoms with E-state index in [1.807, 2.05) is 26.8 Å². The van der Waals surface area contributed by atoms with Crippen molar-refractivity contribution in [2.45, 2.75) is 34.2 Å². The van der Waals surface area contributed by atoms with E-state index in [0.29, 0.717) is 24.4 Å². The first-order valence-corrected chi connectivity index (χ1v) is 7.62. The lowest BCUT2D eigenvalue weighted by Crippen LogP contribution is -2.13. The van der Waals surface area contributed by atoms with Gasteiger partial charge in [0.2, 0.25) is 0 Å². The molecule has 0 bridgehead atoms. The Bertz CT molecular complexity index is 878. The van der Waals surface area contributed by atoms with Crippen LogP contribution in [0.4, 0.5) is 0 Å². The number of aryl methyl sites for hydroxylation is 3. The second kappa shape index (κ2) is 5.83. The van der Waals surface area contributed by atoms with E-state index in [0.717, 1.165) is 22.4 Å². The zero-order valence-electron chi connectivity index (χ0n) is 13.7. The zero-order valence-corrected chi connectivity index (χ0v) is 13.7. The van der Waals surface area contributed by atoms with Crippen LogP contribution in [-0.4, -0.2) is 37.1 Å². The molecule has 0 spiro atoms. The average molecular weight is 313 g/mol. The predicted molar refractivity (Wildman–Crippen MR) is 85.8 cm³/mol. The number of aromatic nitrogens is 5. The fourth-order valence-corrected chi connectivity index (χ4v) is 2.69. The molecule has 0 amide bonds. The number of hydrogen-bond acceptors (Lipinski definition) is 5. The summed E-state index contributed by atoms with van der Waals surface area (Å²) in [5, 5.41) is 9.64. The van der Waals surface area contributed by atoms with Crippen LogP contribution in [0.3, 0.4) is 0 Å². The number of nitrogens with zero attached hydrogens (tertiary/aromatic N) is 5. The van der Waals surface area contributed by atoms with E-state index in [1.54, 1.807) is 28.7 Å². The van der Waals surface area contributed by atoms with Gasteiger partial charge in [-0.1, -0.05) is 0 Å². The van der Waals surface area contributed by atoms with Gasteiger partial charge in [0, 0.05) is 18.4 Å². The monoisotopic (exact) mass is 313 g/mol. The Morgan fingerprint density at radius 1 is 1.26 bits per heavy atom. The quantitative estimate of drug-likeness (QED) is 0.692. The fourth-order valence-electron chi connectivity index (χ4n) is 2.69. The van der Waals surface area contributed by atoms with E-state index >= 15 is 0 Å². The Hall–Kier alpha value is -2.70. The Morgan fingerprint density at radius 3 is 2.65 bits per heavy atom. The summed E-state index contributed by atoms with van der Waals surface area (Å²) in [5.74, 6) is -0.409. The Balaban J connectivity index is 2.33. The predicted octanol–water partition coefficient (Wildman–Crippen LogP) is 2.43. The second-order valence-electron chi connectivity index (χ2n) is 5.28. The van der Waals surface area contributed by atoms with Crippen LogP contribution in [0.15, 0.2) is 18.5 Å². The molecule has 7 heteroatoms. The van der Waals surface area contributed by atoms with Crippen LogP contribution in [0.5, 0.6) is 0 Å². The number of carbonyl (C=O) groups is 1. The van der Waals surface area contributed by atoms with Crippen molar-refractivity contribution in [3.05, 3.63) is 35.4 Å². The van der Waals surface area contributed by atoms with Crippen molar-refractivity contribution in [2.24, 2.45) is 0 Å². The molecule has 3 rings (SSSR count). The summed E-state index contributed by atoms with van der Waals surface area (Å²) < 4.78 is 8.72. The van der Waals surface area contributed by atoms with Crippen molar-refractivity contribution in [1.29, 1.82) is 0 Å². The van der Waals surface area contributed by atoms with Gasteiger partial charge in [0.05, 0.1) is 29.6 Å². The first-order chi connectivity index (χ1) is 11.1. The number of ether oxygens (including phenoxy) is 1. The van der Waals surface area contributed by atoms with Crippen molar-refractivity contribution in [1.82, 2.24) is 24.5 Å². The van der Waals surface area contributed by atoms with E-state index < -0.39 is 5.97 Å². The van der Waals surface area contributed by atoms with Gasteiger partial charge in [-0.3, -0.25) is 0 Å². The van der Waals surface area contributed by atoms with Crippen LogP contribution in [0.25, 0.3) is 16.7 Å². The van der Waals surface area contributed by atoms with E-state index in [4.69, 9.17) is 4.74 Å². The lowest BCUT2D eigenvalue weighted by molar-refractivity contribution is 0.0526. The molecule has 3 aromatic heterocycles. The third-order valence-electron chi connectivity index (χ3n) is 3.65. The molecular formula is C16H19N5O2. The van der Waals surface area contributed by atoms with Gasteiger partial charge in [0.15, 0.2) is 5.65 Å². The highest BCUT2D eigenvalue weighted by atomic mass is 16.5. The van der Waals surface area contributed by atoms with Crippen molar-refractivity contribution >= 4 is 17.0 Å². The lowest BCUT2D eigenvalue weighted by atomic mass is 10.1. The third kappa shape index (κ3) is 2.48. The van der Waals surface area contributed by atoms with E-state index in [2.05, 4.69) is 15.2 Å². The van der Waals surface area contributed by atoms with Gasteiger partial charge < -0.3 is 4.74 Å². The lowest BCUT2D eigenvalue weighted by Gasteiger charge is -2.11. The van der Waals surface area contributed by atoms with Gasteiger partial charge >= 0.3 is 5.97 Å². The summed E-state index contributed by atoms with van der Waals surface area (Å²) in [5.41, 5.74) is 3.60. The molecule has 0 aromatic carbocycles. The SMILES string of the molecule is CCOC(=O)c1cnc2c(cnn2CC)c1-n1nc(C)cc1C. The smallest absolute Gasteiger partial charge is 0.341 e. The van der Waals surface area contributed by atoms with Crippen LogP contribution in [0.1, 0.15) is 35.6 Å². The molecule has 0 aliphatic carbocycles. The number of hydrogen-bond donors (Lipinski definition) is 0. The molecule has 0 radical (unpaired) electrons. The summed E-state index contributed by atoms with van der Waals surface area (Å²) in [4.78, 5) is 16.7. The Labute approximate surface area is 133 Å². The molecule has 0 atom stereocenters. The summed E-state index contributed by atoms with van der Waals surface area (Å²) in [6.45, 7) is 8.65. The van der Waals surface area contributed by atoms with Gasteiger partial charge in [-0.15, -0.1) is 0 Å². The van der Waals surface area contributed by atoms with Crippen LogP contribution in [-0.2, 0) is 11.3 Å². The van der Waals surface area contributed by atoms with E-state index in [9.17, 15) is 4.79 Å². The summed E-state index contributed by atoms with van der Waals surface area (Å²) >= 11 is 0. The molecule has 0 unspecified atom stereocenters. The molecule has 0 saturated carbocycles. The number of pyridine rings is 1. The van der Waals surface area contributed by atoms with Gasteiger partial charge in [-0.05, 0) is 33.8 Å². The number of rotatable bonds is 4. The summed E-state index contributed by atoms with van der Waals surface area (Å²) in [6.07, 6.45) is 3.26. The zero-order chi connectivity index (χ0) is 16.6. The van der Waals surface area contributed by atoms with Gasteiger partial charge in [0.1, 0.15) is 5.56 Å².